The van der Waals surface area contributed by atoms with Crippen LogP contribution in [0.25, 0.3) is 0 Å². The van der Waals surface area contributed by atoms with Crippen molar-refractivity contribution in [2.45, 2.75) is 58.9 Å². The fraction of sp³-hybridized carbons (Fsp3) is 0.647. The Morgan fingerprint density at radius 2 is 1.86 bits per heavy atom. The average Bonchev–Trinajstić information content (AvgIpc) is 2.36. The van der Waals surface area contributed by atoms with Gasteiger partial charge in [-0.25, -0.2) is 4.98 Å². The van der Waals surface area contributed by atoms with Crippen LogP contribution in [0.4, 0.5) is 0 Å². The first-order valence-electron chi connectivity index (χ1n) is 7.83. The summed E-state index contributed by atoms with van der Waals surface area (Å²) in [4.78, 5) is 16.7. The summed E-state index contributed by atoms with van der Waals surface area (Å²) in [7, 11) is 0. The Bertz CT molecular complexity index is 506. The van der Waals surface area contributed by atoms with Crippen molar-refractivity contribution < 1.29 is 4.79 Å². The number of hydrogen-bond acceptors (Lipinski definition) is 2. The molecule has 2 rings (SSSR count). The fourth-order valence-electron chi connectivity index (χ4n) is 3.28. The van der Waals surface area contributed by atoms with Gasteiger partial charge in [0, 0.05) is 17.3 Å². The number of halogens is 1. The first kappa shape index (κ1) is 16.3. The molecule has 2 unspecified atom stereocenters. The van der Waals surface area contributed by atoms with E-state index in [2.05, 4.69) is 24.1 Å². The maximum Gasteiger partial charge on any atom is 0.251 e. The lowest BCUT2D eigenvalue weighted by molar-refractivity contribution is 0.0911. The molecule has 0 spiro atoms. The molecule has 2 atom stereocenters. The van der Waals surface area contributed by atoms with Crippen LogP contribution in [0.3, 0.4) is 0 Å². The second kappa shape index (κ2) is 6.78. The van der Waals surface area contributed by atoms with E-state index in [0.29, 0.717) is 22.6 Å². The molecule has 1 amide bonds. The van der Waals surface area contributed by atoms with Crippen LogP contribution in [-0.2, 0) is 0 Å². The summed E-state index contributed by atoms with van der Waals surface area (Å²) in [6.07, 6.45) is 3.38. The molecule has 1 fully saturated rings. The maximum absolute atomic E-state index is 12.5. The summed E-state index contributed by atoms with van der Waals surface area (Å²) in [6, 6.07) is 3.77. The third-order valence-electron chi connectivity index (χ3n) is 4.18. The molecule has 1 aliphatic carbocycles. The van der Waals surface area contributed by atoms with E-state index in [1.807, 2.05) is 19.9 Å². The van der Waals surface area contributed by atoms with Gasteiger partial charge in [0.05, 0.1) is 0 Å². The van der Waals surface area contributed by atoms with E-state index in [4.69, 9.17) is 11.6 Å². The summed E-state index contributed by atoms with van der Waals surface area (Å²) in [5.74, 6) is 1.56. The fourth-order valence-corrected chi connectivity index (χ4v) is 3.49. The lowest BCUT2D eigenvalue weighted by Crippen LogP contribution is -2.40. The summed E-state index contributed by atoms with van der Waals surface area (Å²) >= 11 is 6.04. The highest BCUT2D eigenvalue weighted by atomic mass is 35.5. The van der Waals surface area contributed by atoms with Gasteiger partial charge in [-0.15, -0.1) is 0 Å². The van der Waals surface area contributed by atoms with Crippen LogP contribution in [0.2, 0.25) is 5.15 Å². The SMILES string of the molecule is CC1CC(C)CC(NC(=O)c2cc(Cl)nc(C(C)C)c2)C1. The molecule has 1 heterocycles. The topological polar surface area (TPSA) is 42.0 Å². The molecule has 0 aromatic carbocycles. The molecule has 1 N–H and O–H groups in total. The normalized spacial score (nSPS) is 25.9. The molecule has 1 aromatic rings. The number of nitrogens with zero attached hydrogens (tertiary/aromatic N) is 1. The number of aromatic nitrogens is 1. The Balaban J connectivity index is 2.09. The van der Waals surface area contributed by atoms with Crippen molar-refractivity contribution in [1.82, 2.24) is 10.3 Å². The van der Waals surface area contributed by atoms with E-state index in [-0.39, 0.29) is 17.9 Å². The van der Waals surface area contributed by atoms with Crippen LogP contribution in [-0.4, -0.2) is 16.9 Å². The molecular weight excluding hydrogens is 284 g/mol. The Morgan fingerprint density at radius 3 is 2.43 bits per heavy atom. The summed E-state index contributed by atoms with van der Waals surface area (Å²) in [5, 5.41) is 3.55. The van der Waals surface area contributed by atoms with Crippen molar-refractivity contribution in [3.8, 4) is 0 Å². The molecule has 1 saturated carbocycles. The van der Waals surface area contributed by atoms with Gasteiger partial charge in [-0.1, -0.05) is 39.3 Å². The zero-order valence-corrected chi connectivity index (χ0v) is 14.1. The van der Waals surface area contributed by atoms with E-state index < -0.39 is 0 Å². The lowest BCUT2D eigenvalue weighted by atomic mass is 9.80. The van der Waals surface area contributed by atoms with Crippen LogP contribution in [0, 0.1) is 11.8 Å². The van der Waals surface area contributed by atoms with Gasteiger partial charge >= 0.3 is 0 Å². The molecule has 1 aromatic heterocycles. The zero-order valence-electron chi connectivity index (χ0n) is 13.3. The lowest BCUT2D eigenvalue weighted by Gasteiger charge is -2.32. The number of carbonyl (C=O) groups is 1. The van der Waals surface area contributed by atoms with Crippen LogP contribution < -0.4 is 5.32 Å². The standard InChI is InChI=1S/C17H25ClN2O/c1-10(2)15-8-13(9-16(18)20-15)17(21)19-14-6-11(3)5-12(4)7-14/h8-12,14H,5-7H2,1-4H3,(H,19,21). The minimum absolute atomic E-state index is 0.0347. The second-order valence-electron chi connectivity index (χ2n) is 6.85. The highest BCUT2D eigenvalue weighted by molar-refractivity contribution is 6.29. The summed E-state index contributed by atoms with van der Waals surface area (Å²) in [6.45, 7) is 8.61. The van der Waals surface area contributed by atoms with Crippen molar-refractivity contribution in [2.75, 3.05) is 0 Å². The Morgan fingerprint density at radius 1 is 1.24 bits per heavy atom. The smallest absolute Gasteiger partial charge is 0.251 e. The molecule has 3 nitrogen and oxygen atoms in total. The molecule has 0 aliphatic heterocycles. The third-order valence-corrected chi connectivity index (χ3v) is 4.37. The van der Waals surface area contributed by atoms with Gasteiger partial charge in [-0.05, 0) is 49.1 Å². The van der Waals surface area contributed by atoms with Crippen molar-refractivity contribution in [3.05, 3.63) is 28.5 Å². The van der Waals surface area contributed by atoms with Gasteiger partial charge in [0.15, 0.2) is 0 Å². The maximum atomic E-state index is 12.5. The molecule has 0 radical (unpaired) electrons. The molecule has 1 aliphatic rings. The number of pyridine rings is 1. The van der Waals surface area contributed by atoms with E-state index in [0.717, 1.165) is 18.5 Å². The average molecular weight is 309 g/mol. The summed E-state index contributed by atoms with van der Waals surface area (Å²) in [5.41, 5.74) is 1.47. The van der Waals surface area contributed by atoms with Gasteiger partial charge in [0.25, 0.3) is 5.91 Å². The Kier molecular flexibility index (Phi) is 5.26. The number of hydrogen-bond donors (Lipinski definition) is 1. The zero-order chi connectivity index (χ0) is 15.6. The predicted octanol–water partition coefficient (Wildman–Crippen LogP) is 4.41. The van der Waals surface area contributed by atoms with Crippen LogP contribution in [0.1, 0.15) is 68.9 Å². The second-order valence-corrected chi connectivity index (χ2v) is 7.23. The molecule has 21 heavy (non-hydrogen) atoms. The van der Waals surface area contributed by atoms with Crippen LogP contribution >= 0.6 is 11.6 Å². The first-order chi connectivity index (χ1) is 9.85. The molecule has 4 heteroatoms. The molecular formula is C17H25ClN2O. The van der Waals surface area contributed by atoms with Gasteiger partial charge in [0.1, 0.15) is 5.15 Å². The van der Waals surface area contributed by atoms with Crippen molar-refractivity contribution >= 4 is 17.5 Å². The van der Waals surface area contributed by atoms with E-state index >= 15 is 0 Å². The highest BCUT2D eigenvalue weighted by Gasteiger charge is 2.25. The predicted molar refractivity (Wildman–Crippen MR) is 86.8 cm³/mol. The van der Waals surface area contributed by atoms with Crippen molar-refractivity contribution in [3.63, 3.8) is 0 Å². The monoisotopic (exact) mass is 308 g/mol. The van der Waals surface area contributed by atoms with E-state index in [1.54, 1.807) is 6.07 Å². The quantitative estimate of drug-likeness (QED) is 0.840. The molecule has 0 saturated heterocycles. The van der Waals surface area contributed by atoms with Gasteiger partial charge in [-0.3, -0.25) is 4.79 Å². The third kappa shape index (κ3) is 4.44. The first-order valence-corrected chi connectivity index (χ1v) is 8.21. The minimum Gasteiger partial charge on any atom is -0.349 e. The van der Waals surface area contributed by atoms with E-state index in [1.165, 1.54) is 6.42 Å². The van der Waals surface area contributed by atoms with Gasteiger partial charge in [0.2, 0.25) is 0 Å². The molecule has 0 bridgehead atoms. The Labute approximate surface area is 132 Å². The van der Waals surface area contributed by atoms with Crippen LogP contribution in [0.15, 0.2) is 12.1 Å². The van der Waals surface area contributed by atoms with Gasteiger partial charge in [-0.2, -0.15) is 0 Å². The van der Waals surface area contributed by atoms with Crippen LogP contribution in [0.5, 0.6) is 0 Å². The highest BCUT2D eigenvalue weighted by Crippen LogP contribution is 2.28. The van der Waals surface area contributed by atoms with Crippen molar-refractivity contribution in [1.29, 1.82) is 0 Å². The summed E-state index contributed by atoms with van der Waals surface area (Å²) < 4.78 is 0. The Hall–Kier alpha value is -1.09. The molecule has 116 valence electrons. The van der Waals surface area contributed by atoms with E-state index in [9.17, 15) is 4.79 Å². The largest absolute Gasteiger partial charge is 0.349 e. The number of nitrogens with one attached hydrogen (secondary N) is 1. The number of amides is 1. The van der Waals surface area contributed by atoms with Crippen molar-refractivity contribution in [2.24, 2.45) is 11.8 Å². The number of carbonyl (C=O) groups excluding carboxylic acids is 1. The van der Waals surface area contributed by atoms with Gasteiger partial charge < -0.3 is 5.32 Å². The minimum atomic E-state index is -0.0347. The number of rotatable bonds is 3.